The van der Waals surface area contributed by atoms with E-state index in [1.807, 2.05) is 63.2 Å². The first kappa shape index (κ1) is 26.1. The Bertz CT molecular complexity index is 1210. The van der Waals surface area contributed by atoms with Gasteiger partial charge < -0.3 is 15.4 Å². The highest BCUT2D eigenvalue weighted by Gasteiger charge is 2.15. The van der Waals surface area contributed by atoms with Gasteiger partial charge in [0.25, 0.3) is 5.56 Å². The quantitative estimate of drug-likeness (QED) is 0.278. The SMILES string of the molecule is CC(C)(C)OC(=O)CCCNCCCCC(=O)Nc1cccc(-c2n[nH]c(=O)c3ccccc23)c1. The number of unbranched alkanes of at least 4 members (excludes halogenated alkanes) is 1. The fraction of sp³-hybridized carbons (Fsp3) is 0.407. The molecule has 8 heteroatoms. The Balaban J connectivity index is 1.40. The van der Waals surface area contributed by atoms with Crippen molar-refractivity contribution in [2.24, 2.45) is 0 Å². The minimum absolute atomic E-state index is 0.0497. The Morgan fingerprint density at radius 2 is 1.69 bits per heavy atom. The summed E-state index contributed by atoms with van der Waals surface area (Å²) in [7, 11) is 0. The second-order valence-corrected chi connectivity index (χ2v) is 9.47. The Hall–Kier alpha value is -3.52. The van der Waals surface area contributed by atoms with E-state index in [9.17, 15) is 14.4 Å². The number of aromatic amines is 1. The third-order valence-corrected chi connectivity index (χ3v) is 5.28. The number of fused-ring (bicyclic) bond motifs is 1. The van der Waals surface area contributed by atoms with Crippen molar-refractivity contribution in [2.45, 2.75) is 58.5 Å². The van der Waals surface area contributed by atoms with E-state index in [0.29, 0.717) is 29.6 Å². The molecule has 1 aromatic heterocycles. The van der Waals surface area contributed by atoms with Crippen LogP contribution in [0.15, 0.2) is 53.3 Å². The Labute approximate surface area is 205 Å². The van der Waals surface area contributed by atoms with Gasteiger partial charge in [0.2, 0.25) is 5.91 Å². The summed E-state index contributed by atoms with van der Waals surface area (Å²) in [6.45, 7) is 7.12. The van der Waals surface area contributed by atoms with Gasteiger partial charge >= 0.3 is 5.97 Å². The normalized spacial score (nSPS) is 11.4. The molecule has 3 N–H and O–H groups in total. The van der Waals surface area contributed by atoms with E-state index >= 15 is 0 Å². The average molecular weight is 479 g/mol. The number of aromatic nitrogens is 2. The van der Waals surface area contributed by atoms with Crippen LogP contribution in [0, 0.1) is 0 Å². The van der Waals surface area contributed by atoms with Gasteiger partial charge in [0, 0.05) is 29.5 Å². The van der Waals surface area contributed by atoms with Gasteiger partial charge in [-0.2, -0.15) is 5.10 Å². The highest BCUT2D eigenvalue weighted by molar-refractivity contribution is 5.95. The first-order valence-electron chi connectivity index (χ1n) is 12.0. The fourth-order valence-electron chi connectivity index (χ4n) is 3.71. The summed E-state index contributed by atoms with van der Waals surface area (Å²) < 4.78 is 5.29. The minimum atomic E-state index is -0.445. The van der Waals surface area contributed by atoms with Crippen LogP contribution in [0.4, 0.5) is 5.69 Å². The summed E-state index contributed by atoms with van der Waals surface area (Å²) in [6.07, 6.45) is 3.18. The molecule has 8 nitrogen and oxygen atoms in total. The summed E-state index contributed by atoms with van der Waals surface area (Å²) in [6, 6.07) is 14.8. The number of nitrogens with one attached hydrogen (secondary N) is 3. The average Bonchev–Trinajstić information content (AvgIpc) is 2.80. The molecule has 0 bridgehead atoms. The molecule has 186 valence electrons. The van der Waals surface area contributed by atoms with Crippen molar-refractivity contribution >= 4 is 28.3 Å². The zero-order chi connectivity index (χ0) is 25.3. The van der Waals surface area contributed by atoms with Gasteiger partial charge in [-0.05, 0) is 71.3 Å². The van der Waals surface area contributed by atoms with Crippen LogP contribution in [0.3, 0.4) is 0 Å². The molecule has 0 aliphatic heterocycles. The highest BCUT2D eigenvalue weighted by Crippen LogP contribution is 2.26. The number of hydrogen-bond donors (Lipinski definition) is 3. The molecule has 0 saturated carbocycles. The molecule has 0 aliphatic carbocycles. The van der Waals surface area contributed by atoms with Crippen molar-refractivity contribution in [3.8, 4) is 11.3 Å². The van der Waals surface area contributed by atoms with E-state index in [1.54, 1.807) is 6.07 Å². The second kappa shape index (κ2) is 12.3. The summed E-state index contributed by atoms with van der Waals surface area (Å²) in [4.78, 5) is 36.1. The Kier molecular flexibility index (Phi) is 9.14. The molecular weight excluding hydrogens is 444 g/mol. The minimum Gasteiger partial charge on any atom is -0.460 e. The largest absolute Gasteiger partial charge is 0.460 e. The van der Waals surface area contributed by atoms with Crippen LogP contribution in [0.25, 0.3) is 22.0 Å². The number of nitrogens with zero attached hydrogens (tertiary/aromatic N) is 1. The number of carbonyl (C=O) groups excluding carboxylic acids is 2. The van der Waals surface area contributed by atoms with Gasteiger partial charge in [-0.1, -0.05) is 30.3 Å². The maximum absolute atomic E-state index is 12.4. The molecule has 1 heterocycles. The topological polar surface area (TPSA) is 113 Å². The van der Waals surface area contributed by atoms with Crippen molar-refractivity contribution in [1.29, 1.82) is 0 Å². The molecule has 35 heavy (non-hydrogen) atoms. The number of rotatable bonds is 11. The third-order valence-electron chi connectivity index (χ3n) is 5.28. The zero-order valence-electron chi connectivity index (χ0n) is 20.6. The van der Waals surface area contributed by atoms with Crippen molar-refractivity contribution < 1.29 is 14.3 Å². The van der Waals surface area contributed by atoms with Crippen molar-refractivity contribution in [3.63, 3.8) is 0 Å². The lowest BCUT2D eigenvalue weighted by Gasteiger charge is -2.19. The first-order chi connectivity index (χ1) is 16.7. The second-order valence-electron chi connectivity index (χ2n) is 9.47. The monoisotopic (exact) mass is 478 g/mol. The molecule has 0 atom stereocenters. The highest BCUT2D eigenvalue weighted by atomic mass is 16.6. The lowest BCUT2D eigenvalue weighted by atomic mass is 10.0. The van der Waals surface area contributed by atoms with Gasteiger partial charge in [0.1, 0.15) is 5.60 Å². The number of anilines is 1. The summed E-state index contributed by atoms with van der Waals surface area (Å²) in [5.74, 6) is -0.226. The summed E-state index contributed by atoms with van der Waals surface area (Å²) in [5, 5.41) is 14.4. The van der Waals surface area contributed by atoms with E-state index < -0.39 is 5.60 Å². The van der Waals surface area contributed by atoms with Crippen molar-refractivity contribution in [3.05, 3.63) is 58.9 Å². The number of ether oxygens (including phenoxy) is 1. The molecule has 3 aromatic rings. The van der Waals surface area contributed by atoms with Gasteiger partial charge in [0.15, 0.2) is 0 Å². The maximum atomic E-state index is 12.4. The van der Waals surface area contributed by atoms with E-state index in [4.69, 9.17) is 4.74 Å². The van der Waals surface area contributed by atoms with Gasteiger partial charge in [-0.3, -0.25) is 14.4 Å². The molecule has 0 spiro atoms. The molecule has 0 saturated heterocycles. The molecule has 3 rings (SSSR count). The van der Waals surface area contributed by atoms with Gasteiger partial charge in [-0.15, -0.1) is 0 Å². The van der Waals surface area contributed by atoms with Crippen molar-refractivity contribution in [2.75, 3.05) is 18.4 Å². The number of benzene rings is 2. The van der Waals surface area contributed by atoms with Crippen LogP contribution in [0.1, 0.15) is 52.9 Å². The van der Waals surface area contributed by atoms with E-state index in [-0.39, 0.29) is 17.4 Å². The van der Waals surface area contributed by atoms with Crippen LogP contribution in [-0.2, 0) is 14.3 Å². The van der Waals surface area contributed by atoms with Gasteiger partial charge in [0.05, 0.1) is 11.1 Å². The van der Waals surface area contributed by atoms with Crippen molar-refractivity contribution in [1.82, 2.24) is 15.5 Å². The Morgan fingerprint density at radius 1 is 0.943 bits per heavy atom. The number of esters is 1. The molecule has 0 fully saturated rings. The number of H-pyrrole nitrogens is 1. The van der Waals surface area contributed by atoms with E-state index in [2.05, 4.69) is 20.8 Å². The lowest BCUT2D eigenvalue weighted by molar-refractivity contribution is -0.154. The van der Waals surface area contributed by atoms with Crippen LogP contribution in [-0.4, -0.2) is 40.8 Å². The molecule has 0 unspecified atom stereocenters. The Morgan fingerprint density at radius 3 is 2.46 bits per heavy atom. The van der Waals surface area contributed by atoms with E-state index in [1.165, 1.54) is 0 Å². The molecule has 1 amide bonds. The third kappa shape index (κ3) is 8.33. The molecule has 2 aromatic carbocycles. The maximum Gasteiger partial charge on any atom is 0.306 e. The molecule has 0 aliphatic rings. The van der Waals surface area contributed by atoms with Gasteiger partial charge in [-0.25, -0.2) is 5.10 Å². The van der Waals surface area contributed by atoms with Crippen LogP contribution < -0.4 is 16.2 Å². The standard InChI is InChI=1S/C27H34N4O4/c1-27(2,3)35-24(33)15-9-17-28-16-7-6-14-23(32)29-20-11-8-10-19(18-20)25-21-12-4-5-13-22(21)26(34)31-30-25/h4-5,8,10-13,18,28H,6-7,9,14-17H2,1-3H3,(H,29,32)(H,31,34). The predicted octanol–water partition coefficient (Wildman–Crippen LogP) is 4.41. The van der Waals surface area contributed by atoms with Crippen LogP contribution in [0.2, 0.25) is 0 Å². The number of amides is 1. The summed E-state index contributed by atoms with van der Waals surface area (Å²) >= 11 is 0. The summed E-state index contributed by atoms with van der Waals surface area (Å²) in [5.41, 5.74) is 1.48. The molecule has 0 radical (unpaired) electrons. The van der Waals surface area contributed by atoms with E-state index in [0.717, 1.165) is 43.3 Å². The van der Waals surface area contributed by atoms with Crippen LogP contribution >= 0.6 is 0 Å². The smallest absolute Gasteiger partial charge is 0.306 e. The lowest BCUT2D eigenvalue weighted by Crippen LogP contribution is -2.25. The van der Waals surface area contributed by atoms with Crippen LogP contribution in [0.5, 0.6) is 0 Å². The number of hydrogen-bond acceptors (Lipinski definition) is 6. The zero-order valence-corrected chi connectivity index (χ0v) is 20.6. The number of carbonyl (C=O) groups is 2. The first-order valence-corrected chi connectivity index (χ1v) is 12.0. The fourth-order valence-corrected chi connectivity index (χ4v) is 3.71. The predicted molar refractivity (Wildman–Crippen MR) is 138 cm³/mol. The molecular formula is C27H34N4O4.